The van der Waals surface area contributed by atoms with E-state index in [4.69, 9.17) is 0 Å². The van der Waals surface area contributed by atoms with Crippen molar-refractivity contribution in [2.45, 2.75) is 26.2 Å². The molecule has 0 spiro atoms. The Morgan fingerprint density at radius 1 is 1.57 bits per heavy atom. The average molecular weight is 194 g/mol. The molecule has 1 aromatic rings. The van der Waals surface area contributed by atoms with Gasteiger partial charge in [0.15, 0.2) is 0 Å². The summed E-state index contributed by atoms with van der Waals surface area (Å²) >= 11 is 0. The minimum absolute atomic E-state index is 0.253. The zero-order valence-electron chi connectivity index (χ0n) is 8.83. The molecule has 0 fully saturated rings. The summed E-state index contributed by atoms with van der Waals surface area (Å²) in [5.74, 6) is 0.543. The van der Waals surface area contributed by atoms with Gasteiger partial charge in [0.25, 0.3) is 0 Å². The molecule has 0 bridgehead atoms. The van der Waals surface area contributed by atoms with Gasteiger partial charge in [0.1, 0.15) is 5.75 Å². The van der Waals surface area contributed by atoms with E-state index in [-0.39, 0.29) is 5.92 Å². The lowest BCUT2D eigenvalue weighted by molar-refractivity contribution is 0.454. The predicted octanol–water partition coefficient (Wildman–Crippen LogP) is 1.89. The maximum Gasteiger partial charge on any atom is 0.137 e. The fourth-order valence-electron chi connectivity index (χ4n) is 1.38. The van der Waals surface area contributed by atoms with E-state index in [1.165, 1.54) is 0 Å². The predicted molar refractivity (Wildman–Crippen MR) is 57.5 cm³/mol. The lowest BCUT2D eigenvalue weighted by atomic mass is 10.1. The zero-order valence-corrected chi connectivity index (χ0v) is 8.83. The standard InChI is InChI=1S/C11H18N2O/c1-3-6-12-8-9(2)11-10(14)5-4-7-13-11/h4-5,7,9,12,14H,3,6,8H2,1-2H3. The van der Waals surface area contributed by atoms with Gasteiger partial charge in [0, 0.05) is 18.7 Å². The van der Waals surface area contributed by atoms with Gasteiger partial charge in [0.05, 0.1) is 5.69 Å². The first-order valence-corrected chi connectivity index (χ1v) is 5.10. The molecule has 1 rings (SSSR count). The van der Waals surface area contributed by atoms with E-state index < -0.39 is 0 Å². The van der Waals surface area contributed by atoms with Crippen molar-refractivity contribution in [2.24, 2.45) is 0 Å². The van der Waals surface area contributed by atoms with E-state index in [1.807, 2.05) is 0 Å². The van der Waals surface area contributed by atoms with E-state index in [0.29, 0.717) is 5.75 Å². The number of nitrogens with one attached hydrogen (secondary N) is 1. The molecule has 78 valence electrons. The highest BCUT2D eigenvalue weighted by atomic mass is 16.3. The number of hydrogen-bond acceptors (Lipinski definition) is 3. The summed E-state index contributed by atoms with van der Waals surface area (Å²) in [5.41, 5.74) is 0.774. The summed E-state index contributed by atoms with van der Waals surface area (Å²) in [6, 6.07) is 3.42. The molecule has 0 radical (unpaired) electrons. The number of pyridine rings is 1. The van der Waals surface area contributed by atoms with Crippen LogP contribution in [0.5, 0.6) is 5.75 Å². The smallest absolute Gasteiger partial charge is 0.137 e. The molecular formula is C11H18N2O. The fourth-order valence-corrected chi connectivity index (χ4v) is 1.38. The lowest BCUT2D eigenvalue weighted by Gasteiger charge is -2.12. The van der Waals surface area contributed by atoms with Crippen LogP contribution in [0.25, 0.3) is 0 Å². The van der Waals surface area contributed by atoms with Gasteiger partial charge in [0.2, 0.25) is 0 Å². The molecular weight excluding hydrogens is 176 g/mol. The molecule has 3 nitrogen and oxygen atoms in total. The van der Waals surface area contributed by atoms with E-state index in [9.17, 15) is 5.11 Å². The molecule has 0 saturated heterocycles. The summed E-state index contributed by atoms with van der Waals surface area (Å²) in [4.78, 5) is 4.17. The van der Waals surface area contributed by atoms with Gasteiger partial charge in [-0.15, -0.1) is 0 Å². The Labute approximate surface area is 85.2 Å². The van der Waals surface area contributed by atoms with E-state index >= 15 is 0 Å². The minimum atomic E-state index is 0.253. The van der Waals surface area contributed by atoms with Gasteiger partial charge < -0.3 is 10.4 Å². The van der Waals surface area contributed by atoms with Gasteiger partial charge >= 0.3 is 0 Å². The van der Waals surface area contributed by atoms with Crippen LogP contribution in [0.2, 0.25) is 0 Å². The van der Waals surface area contributed by atoms with Gasteiger partial charge in [-0.25, -0.2) is 0 Å². The van der Waals surface area contributed by atoms with Crippen LogP contribution in [0.15, 0.2) is 18.3 Å². The van der Waals surface area contributed by atoms with Crippen molar-refractivity contribution in [3.63, 3.8) is 0 Å². The van der Waals surface area contributed by atoms with Crippen molar-refractivity contribution in [2.75, 3.05) is 13.1 Å². The molecule has 0 aromatic carbocycles. The topological polar surface area (TPSA) is 45.2 Å². The van der Waals surface area contributed by atoms with Crippen LogP contribution in [-0.2, 0) is 0 Å². The van der Waals surface area contributed by atoms with Gasteiger partial charge in [-0.2, -0.15) is 0 Å². The van der Waals surface area contributed by atoms with Crippen molar-refractivity contribution in [3.05, 3.63) is 24.0 Å². The van der Waals surface area contributed by atoms with Gasteiger partial charge in [-0.05, 0) is 25.1 Å². The van der Waals surface area contributed by atoms with Crippen LogP contribution < -0.4 is 5.32 Å². The average Bonchev–Trinajstić information content (AvgIpc) is 2.18. The summed E-state index contributed by atoms with van der Waals surface area (Å²) in [6.45, 7) is 6.07. The molecule has 0 aliphatic rings. The second-order valence-electron chi connectivity index (χ2n) is 3.51. The maximum absolute atomic E-state index is 9.55. The first-order valence-electron chi connectivity index (χ1n) is 5.10. The third kappa shape index (κ3) is 3.00. The van der Waals surface area contributed by atoms with Gasteiger partial charge in [-0.1, -0.05) is 13.8 Å². The van der Waals surface area contributed by atoms with Crippen molar-refractivity contribution < 1.29 is 5.11 Å². The monoisotopic (exact) mass is 194 g/mol. The van der Waals surface area contributed by atoms with E-state index in [0.717, 1.165) is 25.2 Å². The number of nitrogens with zero attached hydrogens (tertiary/aromatic N) is 1. The quantitative estimate of drug-likeness (QED) is 0.704. The maximum atomic E-state index is 9.55. The van der Waals surface area contributed by atoms with E-state index in [1.54, 1.807) is 18.3 Å². The summed E-state index contributed by atoms with van der Waals surface area (Å²) in [5, 5.41) is 12.9. The van der Waals surface area contributed by atoms with Crippen LogP contribution in [0, 0.1) is 0 Å². The Balaban J connectivity index is 2.51. The Kier molecular flexibility index (Phi) is 4.40. The molecule has 0 aliphatic heterocycles. The fraction of sp³-hybridized carbons (Fsp3) is 0.545. The Hall–Kier alpha value is -1.09. The van der Waals surface area contributed by atoms with Crippen molar-refractivity contribution in [1.29, 1.82) is 0 Å². The van der Waals surface area contributed by atoms with Crippen LogP contribution in [-0.4, -0.2) is 23.2 Å². The molecule has 2 N–H and O–H groups in total. The number of hydrogen-bond donors (Lipinski definition) is 2. The first-order chi connectivity index (χ1) is 6.75. The summed E-state index contributed by atoms with van der Waals surface area (Å²) in [7, 11) is 0. The molecule has 0 saturated carbocycles. The summed E-state index contributed by atoms with van der Waals surface area (Å²) < 4.78 is 0. The third-order valence-electron chi connectivity index (χ3n) is 2.16. The highest BCUT2D eigenvalue weighted by Gasteiger charge is 2.10. The molecule has 1 heterocycles. The summed E-state index contributed by atoms with van der Waals surface area (Å²) in [6.07, 6.45) is 2.84. The molecule has 1 atom stereocenters. The highest BCUT2D eigenvalue weighted by Crippen LogP contribution is 2.21. The Morgan fingerprint density at radius 2 is 2.36 bits per heavy atom. The largest absolute Gasteiger partial charge is 0.506 e. The van der Waals surface area contributed by atoms with Crippen molar-refractivity contribution in [1.82, 2.24) is 10.3 Å². The molecule has 14 heavy (non-hydrogen) atoms. The van der Waals surface area contributed by atoms with Crippen LogP contribution in [0.1, 0.15) is 31.9 Å². The second kappa shape index (κ2) is 5.60. The number of aromatic nitrogens is 1. The van der Waals surface area contributed by atoms with E-state index in [2.05, 4.69) is 24.1 Å². The van der Waals surface area contributed by atoms with Crippen molar-refractivity contribution in [3.8, 4) is 5.75 Å². The molecule has 3 heteroatoms. The number of rotatable bonds is 5. The van der Waals surface area contributed by atoms with Crippen LogP contribution in [0.4, 0.5) is 0 Å². The third-order valence-corrected chi connectivity index (χ3v) is 2.16. The van der Waals surface area contributed by atoms with Gasteiger partial charge in [-0.3, -0.25) is 4.98 Å². The van der Waals surface area contributed by atoms with Crippen LogP contribution in [0.3, 0.4) is 0 Å². The first kappa shape index (κ1) is 11.0. The lowest BCUT2D eigenvalue weighted by Crippen LogP contribution is -2.21. The normalized spacial score (nSPS) is 12.7. The van der Waals surface area contributed by atoms with Crippen LogP contribution >= 0.6 is 0 Å². The number of aromatic hydroxyl groups is 1. The molecule has 1 aromatic heterocycles. The van der Waals surface area contributed by atoms with Crippen molar-refractivity contribution >= 4 is 0 Å². The molecule has 0 amide bonds. The zero-order chi connectivity index (χ0) is 10.4. The molecule has 1 unspecified atom stereocenters. The Morgan fingerprint density at radius 3 is 3.00 bits per heavy atom. The highest BCUT2D eigenvalue weighted by molar-refractivity contribution is 5.27. The minimum Gasteiger partial charge on any atom is -0.506 e. The molecule has 0 aliphatic carbocycles. The second-order valence-corrected chi connectivity index (χ2v) is 3.51. The Bertz CT molecular complexity index is 276. The SMILES string of the molecule is CCCNCC(C)c1ncccc1O.